The number of nitrogens with one attached hydrogen (secondary N) is 1. The Morgan fingerprint density at radius 1 is 1.04 bits per heavy atom. The van der Waals surface area contributed by atoms with Gasteiger partial charge in [-0.1, -0.05) is 6.07 Å². The summed E-state index contributed by atoms with van der Waals surface area (Å²) < 4.78 is 16.8. The smallest absolute Gasteiger partial charge is 0.234 e. The summed E-state index contributed by atoms with van der Waals surface area (Å²) in [6, 6.07) is 13.2. The van der Waals surface area contributed by atoms with E-state index in [-0.39, 0.29) is 18.9 Å². The number of carbonyl (C=O) groups is 1. The number of amides is 1. The molecule has 0 aliphatic heterocycles. The fraction of sp³-hybridized carbons (Fsp3) is 0.333. The summed E-state index contributed by atoms with van der Waals surface area (Å²) in [7, 11) is 1.58. The molecule has 6 nitrogen and oxygen atoms in total. The Bertz CT molecular complexity index is 827. The fourth-order valence-electron chi connectivity index (χ4n) is 2.39. The van der Waals surface area contributed by atoms with Gasteiger partial charge in [-0.05, 0) is 49.2 Å². The van der Waals surface area contributed by atoms with Crippen molar-refractivity contribution in [3.63, 3.8) is 0 Å². The van der Waals surface area contributed by atoms with Crippen molar-refractivity contribution in [1.82, 2.24) is 5.32 Å². The summed E-state index contributed by atoms with van der Waals surface area (Å²) in [6.45, 7) is 5.11. The van der Waals surface area contributed by atoms with Gasteiger partial charge in [0.2, 0.25) is 5.91 Å². The number of benzene rings is 2. The SMILES string of the molecule is COc1ccc(CNC(=O)CC#N)c(OCCOc2ccc(C)c(C)c2)c1. The zero-order valence-electron chi connectivity index (χ0n) is 15.9. The van der Waals surface area contributed by atoms with E-state index < -0.39 is 0 Å². The van der Waals surface area contributed by atoms with Crippen molar-refractivity contribution in [2.75, 3.05) is 20.3 Å². The van der Waals surface area contributed by atoms with E-state index >= 15 is 0 Å². The van der Waals surface area contributed by atoms with Crippen LogP contribution in [0.15, 0.2) is 36.4 Å². The highest BCUT2D eigenvalue weighted by Crippen LogP contribution is 2.25. The van der Waals surface area contributed by atoms with Crippen molar-refractivity contribution in [1.29, 1.82) is 5.26 Å². The molecule has 2 aromatic carbocycles. The van der Waals surface area contributed by atoms with Gasteiger partial charge in [0.1, 0.15) is 36.9 Å². The van der Waals surface area contributed by atoms with E-state index in [4.69, 9.17) is 19.5 Å². The van der Waals surface area contributed by atoms with Crippen molar-refractivity contribution < 1.29 is 19.0 Å². The number of hydrogen-bond donors (Lipinski definition) is 1. The molecule has 142 valence electrons. The average Bonchev–Trinajstić information content (AvgIpc) is 2.67. The molecule has 0 saturated carbocycles. The van der Waals surface area contributed by atoms with E-state index in [0.29, 0.717) is 24.7 Å². The molecule has 0 aromatic heterocycles. The Morgan fingerprint density at radius 2 is 1.78 bits per heavy atom. The van der Waals surface area contributed by atoms with Crippen LogP contribution in [0.1, 0.15) is 23.1 Å². The standard InChI is InChI=1S/C21H24N2O4/c1-15-4-6-19(12-16(15)2)26-10-11-27-20-13-18(25-3)7-5-17(20)14-23-21(24)8-9-22/h4-7,12-13H,8,10-11,14H2,1-3H3,(H,23,24). The van der Waals surface area contributed by atoms with Crippen LogP contribution in [0.25, 0.3) is 0 Å². The van der Waals surface area contributed by atoms with Gasteiger partial charge < -0.3 is 19.5 Å². The number of aryl methyl sites for hydroxylation is 2. The van der Waals surface area contributed by atoms with Gasteiger partial charge >= 0.3 is 0 Å². The summed E-state index contributed by atoms with van der Waals surface area (Å²) in [5.41, 5.74) is 3.20. The first kappa shape index (κ1) is 20.1. The molecular weight excluding hydrogens is 344 g/mol. The van der Waals surface area contributed by atoms with Gasteiger partial charge in [0.25, 0.3) is 0 Å². The summed E-state index contributed by atoms with van der Waals surface area (Å²) in [5.74, 6) is 1.75. The predicted octanol–water partition coefficient (Wildman–Crippen LogP) is 3.30. The van der Waals surface area contributed by atoms with Crippen LogP contribution in [0.5, 0.6) is 17.2 Å². The fourth-order valence-corrected chi connectivity index (χ4v) is 2.39. The van der Waals surface area contributed by atoms with Gasteiger partial charge in [-0.2, -0.15) is 5.26 Å². The first-order chi connectivity index (χ1) is 13.0. The number of ether oxygens (including phenoxy) is 3. The highest BCUT2D eigenvalue weighted by atomic mass is 16.5. The van der Waals surface area contributed by atoms with Gasteiger partial charge in [0.05, 0.1) is 13.2 Å². The first-order valence-corrected chi connectivity index (χ1v) is 8.67. The highest BCUT2D eigenvalue weighted by Gasteiger charge is 2.08. The number of methoxy groups -OCH3 is 1. The average molecular weight is 368 g/mol. The van der Waals surface area contributed by atoms with Crippen molar-refractivity contribution in [2.45, 2.75) is 26.8 Å². The van der Waals surface area contributed by atoms with E-state index in [9.17, 15) is 4.79 Å². The molecule has 1 amide bonds. The molecular formula is C21H24N2O4. The molecule has 0 saturated heterocycles. The number of carbonyl (C=O) groups excluding carboxylic acids is 1. The van der Waals surface area contributed by atoms with E-state index in [1.165, 1.54) is 11.1 Å². The van der Waals surface area contributed by atoms with Crippen molar-refractivity contribution in [3.05, 3.63) is 53.1 Å². The van der Waals surface area contributed by atoms with Crippen LogP contribution in [-0.4, -0.2) is 26.2 Å². The largest absolute Gasteiger partial charge is 0.497 e. The third-order valence-corrected chi connectivity index (χ3v) is 4.08. The van der Waals surface area contributed by atoms with Crippen LogP contribution in [-0.2, 0) is 11.3 Å². The maximum Gasteiger partial charge on any atom is 0.234 e. The summed E-state index contributed by atoms with van der Waals surface area (Å²) in [5, 5.41) is 11.3. The normalized spacial score (nSPS) is 10.0. The van der Waals surface area contributed by atoms with E-state index in [1.54, 1.807) is 19.2 Å². The third kappa shape index (κ3) is 6.23. The van der Waals surface area contributed by atoms with Crippen LogP contribution in [0.4, 0.5) is 0 Å². The molecule has 0 unspecified atom stereocenters. The molecule has 1 N–H and O–H groups in total. The number of rotatable bonds is 9. The topological polar surface area (TPSA) is 80.6 Å². The minimum Gasteiger partial charge on any atom is -0.497 e. The monoisotopic (exact) mass is 368 g/mol. The van der Waals surface area contributed by atoms with E-state index in [1.807, 2.05) is 37.3 Å². The summed E-state index contributed by atoms with van der Waals surface area (Å²) >= 11 is 0. The summed E-state index contributed by atoms with van der Waals surface area (Å²) in [6.07, 6.45) is -0.170. The molecule has 0 bridgehead atoms. The van der Waals surface area contributed by atoms with Gasteiger partial charge in [-0.25, -0.2) is 0 Å². The lowest BCUT2D eigenvalue weighted by molar-refractivity contribution is -0.120. The van der Waals surface area contributed by atoms with Crippen molar-refractivity contribution in [2.24, 2.45) is 0 Å². The van der Waals surface area contributed by atoms with Crippen LogP contribution >= 0.6 is 0 Å². The van der Waals surface area contributed by atoms with Gasteiger partial charge in [-0.3, -0.25) is 4.79 Å². The number of hydrogen-bond acceptors (Lipinski definition) is 5. The van der Waals surface area contributed by atoms with Crippen LogP contribution in [0, 0.1) is 25.2 Å². The molecule has 27 heavy (non-hydrogen) atoms. The van der Waals surface area contributed by atoms with Crippen LogP contribution in [0.3, 0.4) is 0 Å². The number of nitriles is 1. The molecule has 6 heteroatoms. The molecule has 0 aliphatic carbocycles. The molecule has 0 heterocycles. The highest BCUT2D eigenvalue weighted by molar-refractivity contribution is 5.78. The Kier molecular flexibility index (Phi) is 7.50. The lowest BCUT2D eigenvalue weighted by Gasteiger charge is -2.14. The Morgan fingerprint density at radius 3 is 2.48 bits per heavy atom. The second-order valence-electron chi connectivity index (χ2n) is 6.03. The third-order valence-electron chi connectivity index (χ3n) is 4.08. The van der Waals surface area contributed by atoms with E-state index in [2.05, 4.69) is 12.2 Å². The summed E-state index contributed by atoms with van der Waals surface area (Å²) in [4.78, 5) is 11.5. The minimum absolute atomic E-state index is 0.170. The Labute approximate surface area is 159 Å². The van der Waals surface area contributed by atoms with E-state index in [0.717, 1.165) is 11.3 Å². The van der Waals surface area contributed by atoms with Gasteiger partial charge in [-0.15, -0.1) is 0 Å². The van der Waals surface area contributed by atoms with Crippen molar-refractivity contribution in [3.8, 4) is 23.3 Å². The second-order valence-corrected chi connectivity index (χ2v) is 6.03. The lowest BCUT2D eigenvalue weighted by atomic mass is 10.1. The number of nitrogens with zero attached hydrogens (tertiary/aromatic N) is 1. The second kappa shape index (κ2) is 10.1. The lowest BCUT2D eigenvalue weighted by Crippen LogP contribution is -2.22. The van der Waals surface area contributed by atoms with Gasteiger partial charge in [0.15, 0.2) is 0 Å². The zero-order valence-corrected chi connectivity index (χ0v) is 15.9. The predicted molar refractivity (Wildman–Crippen MR) is 102 cm³/mol. The minimum atomic E-state index is -0.322. The first-order valence-electron chi connectivity index (χ1n) is 8.67. The molecule has 0 aliphatic rings. The van der Waals surface area contributed by atoms with Crippen molar-refractivity contribution >= 4 is 5.91 Å². The maximum atomic E-state index is 11.5. The Hall–Kier alpha value is -3.20. The molecule has 0 radical (unpaired) electrons. The Balaban J connectivity index is 1.93. The molecule has 0 fully saturated rings. The maximum absolute atomic E-state index is 11.5. The molecule has 0 atom stereocenters. The molecule has 0 spiro atoms. The zero-order chi connectivity index (χ0) is 19.6. The molecule has 2 rings (SSSR count). The van der Waals surface area contributed by atoms with Crippen LogP contribution < -0.4 is 19.5 Å². The quantitative estimate of drug-likeness (QED) is 0.687. The van der Waals surface area contributed by atoms with Crippen LogP contribution in [0.2, 0.25) is 0 Å². The molecule has 2 aromatic rings. The van der Waals surface area contributed by atoms with Gasteiger partial charge in [0, 0.05) is 18.2 Å².